The smallest absolute Gasteiger partial charge is 0.277 e. The molecule has 3 heterocycles. The Kier molecular flexibility index (Phi) is 9.64. The average molecular weight is 744 g/mol. The minimum absolute atomic E-state index is 0.0549. The molecule has 45 heavy (non-hydrogen) atoms. The third kappa shape index (κ3) is 6.16. The number of benzene rings is 3. The molecular formula is C34H32F2IN3O4S. The van der Waals surface area contributed by atoms with Gasteiger partial charge in [0.2, 0.25) is 5.43 Å². The molecule has 2 aliphatic rings. The highest BCUT2D eigenvalue weighted by molar-refractivity contribution is 14.1. The van der Waals surface area contributed by atoms with Crippen molar-refractivity contribution in [3.8, 4) is 11.5 Å². The Hall–Kier alpha value is -3.58. The quantitative estimate of drug-likeness (QED) is 0.128. The maximum absolute atomic E-state index is 15.7. The summed E-state index contributed by atoms with van der Waals surface area (Å²) in [6.45, 7) is 3.03. The number of fused-ring (bicyclic) bond motifs is 3. The second-order valence-electron chi connectivity index (χ2n) is 10.8. The molecule has 234 valence electrons. The van der Waals surface area contributed by atoms with Crippen LogP contribution in [0.5, 0.6) is 11.5 Å². The van der Waals surface area contributed by atoms with E-state index in [1.807, 2.05) is 66.5 Å². The van der Waals surface area contributed by atoms with E-state index in [0.29, 0.717) is 23.1 Å². The molecule has 0 aliphatic carbocycles. The van der Waals surface area contributed by atoms with Crippen molar-refractivity contribution < 1.29 is 23.0 Å². The predicted molar refractivity (Wildman–Crippen MR) is 179 cm³/mol. The Balaban J connectivity index is 1.58. The van der Waals surface area contributed by atoms with Crippen molar-refractivity contribution in [3.05, 3.63) is 123 Å². The number of nitrogens with zero attached hydrogens (tertiary/aromatic N) is 3. The largest absolute Gasteiger partial charge is 0.492 e. The third-order valence-corrected chi connectivity index (χ3v) is 9.50. The number of hydrogen-bond donors (Lipinski definition) is 0. The molecule has 4 aromatic rings. The van der Waals surface area contributed by atoms with Crippen LogP contribution < -0.4 is 19.9 Å². The van der Waals surface area contributed by atoms with Gasteiger partial charge in [-0.3, -0.25) is 19.3 Å². The van der Waals surface area contributed by atoms with E-state index < -0.39 is 23.1 Å². The number of hydrogen-bond acceptors (Lipinski definition) is 6. The minimum Gasteiger partial charge on any atom is -0.492 e. The molecule has 0 saturated carbocycles. The van der Waals surface area contributed by atoms with Crippen molar-refractivity contribution >= 4 is 40.3 Å². The third-order valence-electron chi connectivity index (χ3n) is 7.94. The normalized spacial score (nSPS) is 15.6. The van der Waals surface area contributed by atoms with Crippen LogP contribution in [0.2, 0.25) is 0 Å². The molecule has 11 heteroatoms. The minimum atomic E-state index is -0.971. The number of halogens is 3. The first-order valence-electron chi connectivity index (χ1n) is 14.8. The molecule has 2 aliphatic heterocycles. The first-order valence-corrected chi connectivity index (χ1v) is 17.3. The summed E-state index contributed by atoms with van der Waals surface area (Å²) in [5.74, 6) is -1.82. The second-order valence-corrected chi connectivity index (χ2v) is 12.9. The van der Waals surface area contributed by atoms with E-state index in [1.165, 1.54) is 17.8 Å². The first-order chi connectivity index (χ1) is 21.9. The van der Waals surface area contributed by atoms with Crippen LogP contribution >= 0.6 is 34.4 Å². The van der Waals surface area contributed by atoms with E-state index in [1.54, 1.807) is 15.8 Å². The summed E-state index contributed by atoms with van der Waals surface area (Å²) in [5.41, 5.74) is 2.09. The van der Waals surface area contributed by atoms with Crippen molar-refractivity contribution in [1.82, 2.24) is 9.58 Å². The molecule has 0 fully saturated rings. The summed E-state index contributed by atoms with van der Waals surface area (Å²) in [5, 5.41) is 1.93. The van der Waals surface area contributed by atoms with Crippen LogP contribution in [0.3, 0.4) is 0 Å². The number of ether oxygens (including phenoxy) is 2. The molecule has 0 spiro atoms. The number of aromatic nitrogens is 1. The van der Waals surface area contributed by atoms with Gasteiger partial charge >= 0.3 is 0 Å². The number of amides is 1. The highest BCUT2D eigenvalue weighted by Gasteiger charge is 2.41. The Morgan fingerprint density at radius 3 is 2.58 bits per heavy atom. The van der Waals surface area contributed by atoms with Crippen LogP contribution in [-0.4, -0.2) is 39.7 Å². The number of unbranched alkanes of at least 4 members (excludes halogenated alkanes) is 1. The van der Waals surface area contributed by atoms with Crippen molar-refractivity contribution in [3.63, 3.8) is 0 Å². The van der Waals surface area contributed by atoms with Crippen LogP contribution in [-0.2, 0) is 12.4 Å². The summed E-state index contributed by atoms with van der Waals surface area (Å²) >= 11 is 3.61. The lowest BCUT2D eigenvalue weighted by Gasteiger charge is -2.44. The fourth-order valence-corrected chi connectivity index (χ4v) is 7.12. The summed E-state index contributed by atoms with van der Waals surface area (Å²) in [7, 11) is 0. The van der Waals surface area contributed by atoms with Gasteiger partial charge < -0.3 is 14.4 Å². The fraction of sp³-hybridized carbons (Fsp3) is 0.294. The molecule has 1 atom stereocenters. The number of pyridine rings is 1. The van der Waals surface area contributed by atoms with E-state index in [2.05, 4.69) is 22.6 Å². The molecule has 1 unspecified atom stereocenters. The van der Waals surface area contributed by atoms with Crippen LogP contribution in [0.1, 0.15) is 58.5 Å². The first kappa shape index (κ1) is 31.4. The molecular weight excluding hydrogens is 711 g/mol. The maximum Gasteiger partial charge on any atom is 0.277 e. The van der Waals surface area contributed by atoms with Gasteiger partial charge in [0.1, 0.15) is 25.1 Å². The molecule has 1 aromatic heterocycles. The lowest BCUT2D eigenvalue weighted by Crippen LogP contribution is -2.56. The van der Waals surface area contributed by atoms with Gasteiger partial charge in [0.05, 0.1) is 6.61 Å². The number of carbonyl (C=O) groups is 1. The summed E-state index contributed by atoms with van der Waals surface area (Å²) in [6, 6.07) is 19.0. The van der Waals surface area contributed by atoms with Crippen LogP contribution in [0.4, 0.5) is 8.78 Å². The maximum atomic E-state index is 15.7. The van der Waals surface area contributed by atoms with E-state index in [4.69, 9.17) is 9.47 Å². The Bertz CT molecular complexity index is 1770. The topological polar surface area (TPSA) is 64.0 Å². The SMILES string of the molecule is CCCCN1CN(C2c3ccccc3SCc3c(F)c(F)cc(OCCI)c32)n2ccc(=O)c(OCc3ccccc3)c2C1=O. The highest BCUT2D eigenvalue weighted by Crippen LogP contribution is 2.47. The van der Waals surface area contributed by atoms with Crippen molar-refractivity contribution in [2.45, 2.75) is 43.1 Å². The number of alkyl halides is 1. The van der Waals surface area contributed by atoms with Crippen molar-refractivity contribution in [1.29, 1.82) is 0 Å². The zero-order valence-corrected chi connectivity index (χ0v) is 27.7. The molecule has 3 aromatic carbocycles. The molecule has 1 amide bonds. The lowest BCUT2D eigenvalue weighted by molar-refractivity contribution is 0.0673. The zero-order valence-electron chi connectivity index (χ0n) is 24.7. The molecule has 7 nitrogen and oxygen atoms in total. The molecule has 0 N–H and O–H groups in total. The molecule has 0 bridgehead atoms. The van der Waals surface area contributed by atoms with Crippen molar-refractivity contribution in [2.24, 2.45) is 0 Å². The van der Waals surface area contributed by atoms with Crippen LogP contribution in [0.15, 0.2) is 82.6 Å². The molecule has 0 saturated heterocycles. The number of thioether (sulfide) groups is 1. The van der Waals surface area contributed by atoms with Gasteiger partial charge in [0, 0.05) is 51.1 Å². The van der Waals surface area contributed by atoms with Crippen LogP contribution in [0.25, 0.3) is 0 Å². The second kappa shape index (κ2) is 13.8. The summed E-state index contributed by atoms with van der Waals surface area (Å²) in [4.78, 5) is 30.0. The lowest BCUT2D eigenvalue weighted by atomic mass is 9.92. The van der Waals surface area contributed by atoms with Gasteiger partial charge in [-0.2, -0.15) is 0 Å². The van der Waals surface area contributed by atoms with Gasteiger partial charge in [-0.05, 0) is 23.6 Å². The highest BCUT2D eigenvalue weighted by atomic mass is 127. The predicted octanol–water partition coefficient (Wildman–Crippen LogP) is 7.07. The van der Waals surface area contributed by atoms with E-state index in [9.17, 15) is 9.59 Å². The van der Waals surface area contributed by atoms with Gasteiger partial charge in [-0.25, -0.2) is 8.78 Å². The summed E-state index contributed by atoms with van der Waals surface area (Å²) in [6.07, 6.45) is 3.16. The van der Waals surface area contributed by atoms with Gasteiger partial charge in [0.25, 0.3) is 5.91 Å². The van der Waals surface area contributed by atoms with Crippen molar-refractivity contribution in [2.75, 3.05) is 29.3 Å². The van der Waals surface area contributed by atoms with Gasteiger partial charge in [-0.1, -0.05) is 84.5 Å². The molecule has 0 radical (unpaired) electrons. The standard InChI is InChI=1S/C34H32F2IN3O4S/c1-2-3-15-38-21-40(39-16-13-26(41)33(32(39)34(38)42)44-19-22-9-5-4-6-10-22)31-23-11-7-8-12-28(23)45-20-24-29(31)27(43-17-14-37)18-25(35)30(24)36/h4-13,16,18,31H,2-3,14-15,17,19-21H2,1H3. The fourth-order valence-electron chi connectivity index (χ4n) is 5.80. The Labute approximate surface area is 278 Å². The Morgan fingerprint density at radius 2 is 1.80 bits per heavy atom. The van der Waals surface area contributed by atoms with Crippen LogP contribution in [0, 0.1) is 11.6 Å². The van der Waals surface area contributed by atoms with Gasteiger partial charge in [0.15, 0.2) is 23.1 Å². The van der Waals surface area contributed by atoms with Gasteiger partial charge in [-0.15, -0.1) is 11.8 Å². The number of carbonyl (C=O) groups excluding carboxylic acids is 1. The monoisotopic (exact) mass is 743 g/mol. The molecule has 6 rings (SSSR count). The average Bonchev–Trinajstić information content (AvgIpc) is 3.23. The van der Waals surface area contributed by atoms with E-state index in [-0.39, 0.29) is 47.7 Å². The Morgan fingerprint density at radius 1 is 1.02 bits per heavy atom. The van der Waals surface area contributed by atoms with E-state index >= 15 is 8.78 Å². The summed E-state index contributed by atoms with van der Waals surface area (Å²) < 4.78 is 45.3. The van der Waals surface area contributed by atoms with E-state index in [0.717, 1.165) is 34.9 Å². The zero-order chi connectivity index (χ0) is 31.5. The number of rotatable bonds is 10.